The molecule has 16 heavy (non-hydrogen) atoms. The van der Waals surface area contributed by atoms with Crippen LogP contribution in [0.5, 0.6) is 0 Å². The fourth-order valence-corrected chi connectivity index (χ4v) is 3.49. The van der Waals surface area contributed by atoms with Crippen molar-refractivity contribution in [2.75, 3.05) is 12.3 Å². The van der Waals surface area contributed by atoms with Crippen LogP contribution < -0.4 is 0 Å². The summed E-state index contributed by atoms with van der Waals surface area (Å²) in [5.74, 6) is 1.76. The molecule has 0 unspecified atom stereocenters. The molecule has 2 rings (SSSR count). The lowest BCUT2D eigenvalue weighted by atomic mass is 10.2. The SMILES string of the molecule is CCS(=O)(=O)N1CCC[C@@H]1c1ccc(C)o1. The molecule has 1 aliphatic rings. The Labute approximate surface area is 96.3 Å². The smallest absolute Gasteiger partial charge is 0.214 e. The highest BCUT2D eigenvalue weighted by molar-refractivity contribution is 7.89. The Morgan fingerprint density at radius 1 is 1.50 bits per heavy atom. The van der Waals surface area contributed by atoms with Gasteiger partial charge in [-0.2, -0.15) is 4.31 Å². The molecule has 0 aromatic carbocycles. The minimum Gasteiger partial charge on any atom is -0.465 e. The number of hydrogen-bond acceptors (Lipinski definition) is 3. The summed E-state index contributed by atoms with van der Waals surface area (Å²) in [4.78, 5) is 0. The molecule has 1 aliphatic heterocycles. The lowest BCUT2D eigenvalue weighted by Crippen LogP contribution is -2.31. The zero-order valence-electron chi connectivity index (χ0n) is 9.64. The van der Waals surface area contributed by atoms with E-state index < -0.39 is 10.0 Å². The third-order valence-electron chi connectivity index (χ3n) is 3.02. The van der Waals surface area contributed by atoms with Gasteiger partial charge >= 0.3 is 0 Å². The van der Waals surface area contributed by atoms with Gasteiger partial charge in [0, 0.05) is 6.54 Å². The van der Waals surface area contributed by atoms with E-state index in [1.54, 1.807) is 11.2 Å². The van der Waals surface area contributed by atoms with Gasteiger partial charge in [-0.05, 0) is 38.8 Å². The fraction of sp³-hybridized carbons (Fsp3) is 0.636. The summed E-state index contributed by atoms with van der Waals surface area (Å²) in [6.45, 7) is 4.16. The second-order valence-electron chi connectivity index (χ2n) is 4.12. The van der Waals surface area contributed by atoms with Gasteiger partial charge in [0.15, 0.2) is 0 Å². The Balaban J connectivity index is 2.28. The van der Waals surface area contributed by atoms with Crippen LogP contribution in [-0.2, 0) is 10.0 Å². The van der Waals surface area contributed by atoms with Crippen LogP contribution in [0.2, 0.25) is 0 Å². The van der Waals surface area contributed by atoms with E-state index in [2.05, 4.69) is 0 Å². The van der Waals surface area contributed by atoms with Crippen LogP contribution in [0, 0.1) is 6.92 Å². The summed E-state index contributed by atoms with van der Waals surface area (Å²) < 4.78 is 30.9. The van der Waals surface area contributed by atoms with Gasteiger partial charge in [-0.15, -0.1) is 0 Å². The molecule has 0 bridgehead atoms. The highest BCUT2D eigenvalue weighted by Crippen LogP contribution is 2.34. The van der Waals surface area contributed by atoms with Crippen molar-refractivity contribution in [3.05, 3.63) is 23.7 Å². The average Bonchev–Trinajstić information content (AvgIpc) is 2.85. The molecule has 0 radical (unpaired) electrons. The van der Waals surface area contributed by atoms with Crippen molar-refractivity contribution in [2.45, 2.75) is 32.7 Å². The van der Waals surface area contributed by atoms with E-state index in [9.17, 15) is 8.42 Å². The van der Waals surface area contributed by atoms with Crippen molar-refractivity contribution in [2.24, 2.45) is 0 Å². The Bertz CT molecular complexity index is 463. The first-order valence-electron chi connectivity index (χ1n) is 5.60. The van der Waals surface area contributed by atoms with Crippen molar-refractivity contribution in [1.82, 2.24) is 4.31 Å². The topological polar surface area (TPSA) is 50.5 Å². The first kappa shape index (κ1) is 11.7. The maximum absolute atomic E-state index is 11.9. The van der Waals surface area contributed by atoms with Crippen LogP contribution in [-0.4, -0.2) is 25.0 Å². The van der Waals surface area contributed by atoms with Crippen molar-refractivity contribution < 1.29 is 12.8 Å². The number of rotatable bonds is 3. The summed E-state index contributed by atoms with van der Waals surface area (Å²) in [5.41, 5.74) is 0. The number of furan rings is 1. The van der Waals surface area contributed by atoms with Crippen molar-refractivity contribution in [1.29, 1.82) is 0 Å². The van der Waals surface area contributed by atoms with Gasteiger partial charge in [0.25, 0.3) is 0 Å². The first-order valence-corrected chi connectivity index (χ1v) is 7.21. The number of aryl methyl sites for hydroxylation is 1. The van der Waals surface area contributed by atoms with E-state index >= 15 is 0 Å². The van der Waals surface area contributed by atoms with E-state index in [-0.39, 0.29) is 11.8 Å². The third-order valence-corrected chi connectivity index (χ3v) is 4.90. The normalized spacial score (nSPS) is 22.8. The molecule has 90 valence electrons. The van der Waals surface area contributed by atoms with Crippen LogP contribution in [0.3, 0.4) is 0 Å². The van der Waals surface area contributed by atoms with E-state index in [0.29, 0.717) is 6.54 Å². The average molecular weight is 243 g/mol. The highest BCUT2D eigenvalue weighted by Gasteiger charge is 2.35. The van der Waals surface area contributed by atoms with Crippen LogP contribution in [0.4, 0.5) is 0 Å². The molecule has 1 saturated heterocycles. The lowest BCUT2D eigenvalue weighted by molar-refractivity contribution is 0.334. The molecule has 0 aliphatic carbocycles. The predicted molar refractivity (Wildman–Crippen MR) is 61.6 cm³/mol. The van der Waals surface area contributed by atoms with Gasteiger partial charge in [-0.25, -0.2) is 8.42 Å². The van der Waals surface area contributed by atoms with Crippen LogP contribution in [0.25, 0.3) is 0 Å². The fourth-order valence-electron chi connectivity index (χ4n) is 2.16. The molecule has 0 spiro atoms. The van der Waals surface area contributed by atoms with Gasteiger partial charge in [0.2, 0.25) is 10.0 Å². The molecule has 1 aromatic rings. The zero-order chi connectivity index (χ0) is 11.8. The molecule has 0 amide bonds. The van der Waals surface area contributed by atoms with Gasteiger partial charge in [-0.1, -0.05) is 0 Å². The minimum absolute atomic E-state index is 0.0985. The Kier molecular flexibility index (Phi) is 3.08. The van der Waals surface area contributed by atoms with Crippen LogP contribution >= 0.6 is 0 Å². The van der Waals surface area contributed by atoms with E-state index in [4.69, 9.17) is 4.42 Å². The monoisotopic (exact) mass is 243 g/mol. The van der Waals surface area contributed by atoms with E-state index in [0.717, 1.165) is 24.4 Å². The van der Waals surface area contributed by atoms with Crippen molar-refractivity contribution in [3.63, 3.8) is 0 Å². The van der Waals surface area contributed by atoms with Gasteiger partial charge in [-0.3, -0.25) is 0 Å². The molecular formula is C11H17NO3S. The van der Waals surface area contributed by atoms with Crippen molar-refractivity contribution in [3.8, 4) is 0 Å². The van der Waals surface area contributed by atoms with Gasteiger partial charge < -0.3 is 4.42 Å². The van der Waals surface area contributed by atoms with E-state index in [1.807, 2.05) is 19.1 Å². The van der Waals surface area contributed by atoms with Gasteiger partial charge in [0.1, 0.15) is 11.5 Å². The summed E-state index contributed by atoms with van der Waals surface area (Å²) in [5, 5.41) is 0. The quantitative estimate of drug-likeness (QED) is 0.816. The predicted octanol–water partition coefficient (Wildman–Crippen LogP) is 2.07. The number of sulfonamides is 1. The summed E-state index contributed by atoms with van der Waals surface area (Å²) in [6.07, 6.45) is 1.76. The molecule has 0 N–H and O–H groups in total. The summed E-state index contributed by atoms with van der Waals surface area (Å²) in [6, 6.07) is 3.66. The molecular weight excluding hydrogens is 226 g/mol. The molecule has 2 heterocycles. The molecule has 1 fully saturated rings. The Hall–Kier alpha value is -0.810. The minimum atomic E-state index is -3.11. The Morgan fingerprint density at radius 2 is 2.25 bits per heavy atom. The maximum Gasteiger partial charge on any atom is 0.214 e. The standard InChI is InChI=1S/C11H17NO3S/c1-3-16(13,14)12-8-4-5-10(12)11-7-6-9(2)15-11/h6-7,10H,3-5,8H2,1-2H3/t10-/m1/s1. The molecule has 4 nitrogen and oxygen atoms in total. The maximum atomic E-state index is 11.9. The van der Waals surface area contributed by atoms with Crippen LogP contribution in [0.15, 0.2) is 16.5 Å². The number of nitrogens with zero attached hydrogens (tertiary/aromatic N) is 1. The summed E-state index contributed by atoms with van der Waals surface area (Å²) in [7, 11) is -3.11. The second-order valence-corrected chi connectivity index (χ2v) is 6.33. The third kappa shape index (κ3) is 2.01. The van der Waals surface area contributed by atoms with Crippen LogP contribution in [0.1, 0.15) is 37.3 Å². The molecule has 1 aromatic heterocycles. The largest absolute Gasteiger partial charge is 0.465 e. The molecule has 5 heteroatoms. The highest BCUT2D eigenvalue weighted by atomic mass is 32.2. The van der Waals surface area contributed by atoms with E-state index in [1.165, 1.54) is 0 Å². The number of hydrogen-bond donors (Lipinski definition) is 0. The van der Waals surface area contributed by atoms with Crippen molar-refractivity contribution >= 4 is 10.0 Å². The molecule has 1 atom stereocenters. The summed E-state index contributed by atoms with van der Waals surface area (Å²) >= 11 is 0. The molecule has 0 saturated carbocycles. The Morgan fingerprint density at radius 3 is 2.81 bits per heavy atom. The second kappa shape index (κ2) is 4.22. The zero-order valence-corrected chi connectivity index (χ0v) is 10.5. The van der Waals surface area contributed by atoms with Gasteiger partial charge in [0.05, 0.1) is 11.8 Å². The first-order chi connectivity index (χ1) is 7.54. The lowest BCUT2D eigenvalue weighted by Gasteiger charge is -2.21.